The van der Waals surface area contributed by atoms with Crippen LogP contribution in [-0.4, -0.2) is 46.7 Å². The second-order valence-electron chi connectivity index (χ2n) is 6.14. The second-order valence-corrected chi connectivity index (χ2v) is 8.23. The van der Waals surface area contributed by atoms with Gasteiger partial charge in [0, 0.05) is 31.9 Å². The molecule has 1 aliphatic heterocycles. The lowest BCUT2D eigenvalue weighted by atomic mass is 9.96. The Hall–Kier alpha value is -1.80. The predicted octanol–water partition coefficient (Wildman–Crippen LogP) is 2.13. The first-order valence-corrected chi connectivity index (χ1v) is 9.90. The van der Waals surface area contributed by atoms with Crippen molar-refractivity contribution >= 4 is 10.0 Å². The number of hydrogen-bond donors (Lipinski definition) is 0. The van der Waals surface area contributed by atoms with Gasteiger partial charge in [0.25, 0.3) is 5.89 Å². The normalized spacial score (nSPS) is 19.5. The lowest BCUT2D eigenvalue weighted by Gasteiger charge is -2.31. The molecular weight excluding hydrogens is 328 g/mol. The molecule has 0 saturated carbocycles. The maximum Gasteiger partial charge on any atom is 0.259 e. The van der Waals surface area contributed by atoms with Crippen molar-refractivity contribution in [2.45, 2.75) is 32.6 Å². The Morgan fingerprint density at radius 2 is 2.29 bits per heavy atom. The van der Waals surface area contributed by atoms with Gasteiger partial charge in [0.05, 0.1) is 11.3 Å². The van der Waals surface area contributed by atoms with E-state index in [-0.39, 0.29) is 11.7 Å². The molecule has 0 aromatic carbocycles. The molecule has 1 aliphatic rings. The summed E-state index contributed by atoms with van der Waals surface area (Å²) in [4.78, 5) is 8.45. The zero-order chi connectivity index (χ0) is 17.0. The highest BCUT2D eigenvalue weighted by atomic mass is 32.2. The Morgan fingerprint density at radius 3 is 3.04 bits per heavy atom. The Morgan fingerprint density at radius 1 is 1.42 bits per heavy atom. The summed E-state index contributed by atoms with van der Waals surface area (Å²) in [5, 5.41) is 4.03. The fraction of sp³-hybridized carbons (Fsp3) is 0.562. The third-order valence-electron chi connectivity index (χ3n) is 4.19. The van der Waals surface area contributed by atoms with Gasteiger partial charge < -0.3 is 4.52 Å². The molecule has 0 radical (unpaired) electrons. The fourth-order valence-electron chi connectivity index (χ4n) is 3.03. The molecule has 130 valence electrons. The number of pyridine rings is 1. The number of piperidine rings is 1. The summed E-state index contributed by atoms with van der Waals surface area (Å²) in [7, 11) is -3.14. The first-order valence-electron chi connectivity index (χ1n) is 8.29. The van der Waals surface area contributed by atoms with E-state index in [4.69, 9.17) is 4.52 Å². The summed E-state index contributed by atoms with van der Waals surface area (Å²) < 4.78 is 31.4. The Labute approximate surface area is 142 Å². The zero-order valence-electron chi connectivity index (χ0n) is 13.8. The summed E-state index contributed by atoms with van der Waals surface area (Å²) in [5.41, 5.74) is 0.784. The SMILES string of the molecule is CCCS(=O)(=O)N1CCCC(Cc2noc(-c3cccnc3)n2)C1. The van der Waals surface area contributed by atoms with Gasteiger partial charge in [-0.2, -0.15) is 4.98 Å². The van der Waals surface area contributed by atoms with Crippen LogP contribution in [0.4, 0.5) is 0 Å². The van der Waals surface area contributed by atoms with Gasteiger partial charge in [0.15, 0.2) is 5.82 Å². The molecular formula is C16H22N4O3S. The summed E-state index contributed by atoms with van der Waals surface area (Å²) in [6.45, 7) is 3.05. The molecule has 0 N–H and O–H groups in total. The standard InChI is InChI=1S/C16H22N4O3S/c1-2-9-24(21,22)20-8-4-5-13(12-20)10-15-18-16(23-19-15)14-6-3-7-17-11-14/h3,6-7,11,13H,2,4-5,8-10,12H2,1H3. The quantitative estimate of drug-likeness (QED) is 0.793. The van der Waals surface area contributed by atoms with Crippen molar-refractivity contribution in [3.8, 4) is 11.5 Å². The summed E-state index contributed by atoms with van der Waals surface area (Å²) in [6.07, 6.45) is 6.49. The van der Waals surface area contributed by atoms with E-state index in [9.17, 15) is 8.42 Å². The molecule has 3 rings (SSSR count). The van der Waals surface area contributed by atoms with Gasteiger partial charge in [-0.3, -0.25) is 4.98 Å². The first-order chi connectivity index (χ1) is 11.6. The van der Waals surface area contributed by atoms with E-state index >= 15 is 0 Å². The summed E-state index contributed by atoms with van der Waals surface area (Å²) >= 11 is 0. The van der Waals surface area contributed by atoms with Gasteiger partial charge in [0.2, 0.25) is 10.0 Å². The number of sulfonamides is 1. The van der Waals surface area contributed by atoms with Gasteiger partial charge in [0.1, 0.15) is 0 Å². The van der Waals surface area contributed by atoms with Crippen molar-refractivity contribution < 1.29 is 12.9 Å². The molecule has 0 spiro atoms. The van der Waals surface area contributed by atoms with E-state index in [2.05, 4.69) is 15.1 Å². The van der Waals surface area contributed by atoms with Gasteiger partial charge in [-0.25, -0.2) is 12.7 Å². The lowest BCUT2D eigenvalue weighted by molar-refractivity contribution is 0.261. The van der Waals surface area contributed by atoms with Crippen LogP contribution in [0.5, 0.6) is 0 Å². The molecule has 24 heavy (non-hydrogen) atoms. The highest BCUT2D eigenvalue weighted by molar-refractivity contribution is 7.89. The summed E-state index contributed by atoms with van der Waals surface area (Å²) in [6, 6.07) is 3.68. The van der Waals surface area contributed by atoms with E-state index in [1.807, 2.05) is 19.1 Å². The lowest BCUT2D eigenvalue weighted by Crippen LogP contribution is -2.41. The number of nitrogens with zero attached hydrogens (tertiary/aromatic N) is 4. The van der Waals surface area contributed by atoms with Crippen molar-refractivity contribution in [1.29, 1.82) is 0 Å². The van der Waals surface area contributed by atoms with Gasteiger partial charge >= 0.3 is 0 Å². The van der Waals surface area contributed by atoms with E-state index in [0.29, 0.717) is 37.6 Å². The molecule has 1 atom stereocenters. The van der Waals surface area contributed by atoms with Crippen LogP contribution < -0.4 is 0 Å². The zero-order valence-corrected chi connectivity index (χ0v) is 14.6. The largest absolute Gasteiger partial charge is 0.334 e. The van der Waals surface area contributed by atoms with E-state index < -0.39 is 10.0 Å². The molecule has 0 aliphatic carbocycles. The van der Waals surface area contributed by atoms with Crippen molar-refractivity contribution in [3.63, 3.8) is 0 Å². The van der Waals surface area contributed by atoms with E-state index in [1.165, 1.54) is 0 Å². The molecule has 3 heterocycles. The van der Waals surface area contributed by atoms with E-state index in [1.54, 1.807) is 16.7 Å². The van der Waals surface area contributed by atoms with Crippen LogP contribution in [0.1, 0.15) is 32.0 Å². The van der Waals surface area contributed by atoms with Crippen molar-refractivity contribution in [3.05, 3.63) is 30.4 Å². The number of aromatic nitrogens is 3. The third-order valence-corrected chi connectivity index (χ3v) is 6.23. The van der Waals surface area contributed by atoms with Crippen molar-refractivity contribution in [1.82, 2.24) is 19.4 Å². The molecule has 1 saturated heterocycles. The molecule has 7 nitrogen and oxygen atoms in total. The van der Waals surface area contributed by atoms with Gasteiger partial charge in [-0.1, -0.05) is 12.1 Å². The molecule has 0 amide bonds. The Bertz CT molecular complexity index is 761. The molecule has 1 fully saturated rings. The van der Waals surface area contributed by atoms with Crippen LogP contribution in [-0.2, 0) is 16.4 Å². The fourth-order valence-corrected chi connectivity index (χ4v) is 4.65. The summed E-state index contributed by atoms with van der Waals surface area (Å²) in [5.74, 6) is 1.51. The van der Waals surface area contributed by atoms with Crippen LogP contribution in [0.3, 0.4) is 0 Å². The monoisotopic (exact) mass is 350 g/mol. The topological polar surface area (TPSA) is 89.2 Å². The first kappa shape index (κ1) is 17.0. The average molecular weight is 350 g/mol. The van der Waals surface area contributed by atoms with Crippen LogP contribution >= 0.6 is 0 Å². The number of rotatable bonds is 6. The highest BCUT2D eigenvalue weighted by Crippen LogP contribution is 2.23. The minimum Gasteiger partial charge on any atom is -0.334 e. The third kappa shape index (κ3) is 3.99. The maximum absolute atomic E-state index is 12.2. The highest BCUT2D eigenvalue weighted by Gasteiger charge is 2.29. The molecule has 0 bridgehead atoms. The van der Waals surface area contributed by atoms with E-state index in [0.717, 1.165) is 18.4 Å². The van der Waals surface area contributed by atoms with Gasteiger partial charge in [-0.15, -0.1) is 0 Å². The van der Waals surface area contributed by atoms with Crippen molar-refractivity contribution in [2.24, 2.45) is 5.92 Å². The molecule has 8 heteroatoms. The molecule has 2 aromatic heterocycles. The number of hydrogen-bond acceptors (Lipinski definition) is 6. The molecule has 1 unspecified atom stereocenters. The van der Waals surface area contributed by atoms with Crippen LogP contribution in [0.2, 0.25) is 0 Å². The Balaban J connectivity index is 1.65. The minimum atomic E-state index is -3.14. The van der Waals surface area contributed by atoms with Crippen LogP contribution in [0.25, 0.3) is 11.5 Å². The van der Waals surface area contributed by atoms with Crippen molar-refractivity contribution in [2.75, 3.05) is 18.8 Å². The van der Waals surface area contributed by atoms with Crippen LogP contribution in [0, 0.1) is 5.92 Å². The average Bonchev–Trinajstić information content (AvgIpc) is 3.04. The minimum absolute atomic E-state index is 0.215. The Kier molecular flexibility index (Phi) is 5.25. The smallest absolute Gasteiger partial charge is 0.259 e. The second kappa shape index (κ2) is 7.40. The maximum atomic E-state index is 12.2. The van der Waals surface area contributed by atoms with Crippen LogP contribution in [0.15, 0.2) is 29.0 Å². The molecule has 2 aromatic rings. The predicted molar refractivity (Wildman–Crippen MR) is 89.6 cm³/mol. The van der Waals surface area contributed by atoms with Gasteiger partial charge in [-0.05, 0) is 37.3 Å².